The monoisotopic (exact) mass is 377 g/mol. The third-order valence-corrected chi connectivity index (χ3v) is 5.55. The first-order valence-corrected chi connectivity index (χ1v) is 9.91. The van der Waals surface area contributed by atoms with Crippen LogP contribution in [0.15, 0.2) is 30.5 Å². The summed E-state index contributed by atoms with van der Waals surface area (Å²) in [6.45, 7) is 2.79. The summed E-state index contributed by atoms with van der Waals surface area (Å²) in [4.78, 5) is 26.2. The summed E-state index contributed by atoms with van der Waals surface area (Å²) >= 11 is 0. The Labute approximate surface area is 166 Å². The first-order chi connectivity index (χ1) is 13.5. The first-order valence-electron chi connectivity index (χ1n) is 9.91. The molecule has 3 rings (SSSR count). The Morgan fingerprint density at radius 3 is 2.46 bits per heavy atom. The molecular formula is C22H27N5O. The maximum Gasteiger partial charge on any atom is 0.257 e. The molecule has 0 unspecified atom stereocenters. The fraction of sp³-hybridized carbons (Fsp3) is 0.455. The molecule has 1 amide bonds. The number of hydrogen-bond acceptors (Lipinski definition) is 5. The maximum absolute atomic E-state index is 13.3. The minimum atomic E-state index is -0.0445. The Balaban J connectivity index is 2.01. The van der Waals surface area contributed by atoms with E-state index in [0.29, 0.717) is 22.8 Å². The van der Waals surface area contributed by atoms with Gasteiger partial charge in [0.05, 0.1) is 22.9 Å². The second-order valence-electron chi connectivity index (χ2n) is 7.34. The molecule has 1 fully saturated rings. The normalized spacial score (nSPS) is 14.4. The predicted octanol–water partition coefficient (Wildman–Crippen LogP) is 3.88. The number of hydrogen-bond donors (Lipinski definition) is 0. The van der Waals surface area contributed by atoms with Crippen LogP contribution in [-0.4, -0.2) is 47.5 Å². The van der Waals surface area contributed by atoms with Crippen molar-refractivity contribution in [3.63, 3.8) is 0 Å². The van der Waals surface area contributed by atoms with Crippen LogP contribution in [0.5, 0.6) is 0 Å². The van der Waals surface area contributed by atoms with Gasteiger partial charge in [0.15, 0.2) is 0 Å². The lowest BCUT2D eigenvalue weighted by Gasteiger charge is -2.31. The number of aromatic nitrogens is 2. The van der Waals surface area contributed by atoms with Crippen molar-refractivity contribution in [2.45, 2.75) is 45.1 Å². The van der Waals surface area contributed by atoms with Crippen molar-refractivity contribution in [3.05, 3.63) is 41.6 Å². The fourth-order valence-electron chi connectivity index (χ4n) is 3.60. The Hall–Kier alpha value is -2.94. The lowest BCUT2D eigenvalue weighted by atomic mass is 9.94. The molecule has 6 heteroatoms. The lowest BCUT2D eigenvalue weighted by Crippen LogP contribution is -2.38. The molecule has 0 saturated heterocycles. The van der Waals surface area contributed by atoms with Gasteiger partial charge in [-0.25, -0.2) is 9.97 Å². The lowest BCUT2D eigenvalue weighted by molar-refractivity contribution is 0.0696. The van der Waals surface area contributed by atoms with Crippen molar-refractivity contribution >= 4 is 11.9 Å². The van der Waals surface area contributed by atoms with E-state index in [9.17, 15) is 4.79 Å². The third kappa shape index (κ3) is 4.14. The number of nitrogens with zero attached hydrogens (tertiary/aromatic N) is 5. The third-order valence-electron chi connectivity index (χ3n) is 5.55. The van der Waals surface area contributed by atoms with Crippen LogP contribution >= 0.6 is 0 Å². The zero-order chi connectivity index (χ0) is 20.1. The number of benzene rings is 1. The molecule has 6 nitrogen and oxygen atoms in total. The van der Waals surface area contributed by atoms with Crippen molar-refractivity contribution in [1.29, 1.82) is 5.26 Å². The predicted molar refractivity (Wildman–Crippen MR) is 110 cm³/mol. The van der Waals surface area contributed by atoms with Gasteiger partial charge in [0, 0.05) is 38.4 Å². The molecular weight excluding hydrogens is 350 g/mol. The summed E-state index contributed by atoms with van der Waals surface area (Å²) in [7, 11) is 3.81. The van der Waals surface area contributed by atoms with Crippen LogP contribution in [0, 0.1) is 11.3 Å². The van der Waals surface area contributed by atoms with Gasteiger partial charge < -0.3 is 9.80 Å². The highest BCUT2D eigenvalue weighted by Crippen LogP contribution is 2.27. The number of amides is 1. The van der Waals surface area contributed by atoms with Crippen molar-refractivity contribution in [1.82, 2.24) is 14.9 Å². The summed E-state index contributed by atoms with van der Waals surface area (Å²) < 4.78 is 0. The van der Waals surface area contributed by atoms with E-state index in [-0.39, 0.29) is 11.9 Å². The van der Waals surface area contributed by atoms with Crippen LogP contribution in [0.4, 0.5) is 5.95 Å². The topological polar surface area (TPSA) is 73.1 Å². The Morgan fingerprint density at radius 2 is 1.86 bits per heavy atom. The molecule has 28 heavy (non-hydrogen) atoms. The standard InChI is InChI=1S/C22H27N5O/c1-4-26(2)22-24-15-19(21(28)27(3)18-8-6-5-7-9-18)20(25-22)17-12-10-16(14-23)11-13-17/h10-13,15,18H,4-9H2,1-3H3. The van der Waals surface area contributed by atoms with E-state index >= 15 is 0 Å². The number of anilines is 1. The molecule has 1 aromatic heterocycles. The number of carbonyl (C=O) groups is 1. The average molecular weight is 377 g/mol. The zero-order valence-corrected chi connectivity index (χ0v) is 16.9. The van der Waals surface area contributed by atoms with Crippen molar-refractivity contribution in [2.24, 2.45) is 0 Å². The average Bonchev–Trinajstić information content (AvgIpc) is 2.77. The second-order valence-corrected chi connectivity index (χ2v) is 7.34. The van der Waals surface area contributed by atoms with Gasteiger partial charge in [0.2, 0.25) is 5.95 Å². The molecule has 0 N–H and O–H groups in total. The first kappa shape index (κ1) is 19.8. The minimum absolute atomic E-state index is 0.0445. The van der Waals surface area contributed by atoms with Gasteiger partial charge in [0.25, 0.3) is 5.91 Å². The summed E-state index contributed by atoms with van der Waals surface area (Å²) in [5.74, 6) is 0.538. The highest BCUT2D eigenvalue weighted by Gasteiger charge is 2.26. The van der Waals surface area contributed by atoms with E-state index in [2.05, 4.69) is 11.1 Å². The van der Waals surface area contributed by atoms with E-state index in [4.69, 9.17) is 10.2 Å². The van der Waals surface area contributed by atoms with E-state index in [1.165, 1.54) is 19.3 Å². The van der Waals surface area contributed by atoms with E-state index in [1.54, 1.807) is 18.3 Å². The molecule has 1 aliphatic rings. The molecule has 0 bridgehead atoms. The van der Waals surface area contributed by atoms with Crippen LogP contribution in [0.2, 0.25) is 0 Å². The van der Waals surface area contributed by atoms with Crippen LogP contribution < -0.4 is 4.90 Å². The Kier molecular flexibility index (Phi) is 6.25. The Morgan fingerprint density at radius 1 is 1.18 bits per heavy atom. The van der Waals surface area contributed by atoms with Crippen LogP contribution in [0.3, 0.4) is 0 Å². The fourth-order valence-corrected chi connectivity index (χ4v) is 3.60. The maximum atomic E-state index is 13.3. The van der Waals surface area contributed by atoms with Crippen LogP contribution in [0.25, 0.3) is 11.3 Å². The highest BCUT2D eigenvalue weighted by atomic mass is 16.2. The van der Waals surface area contributed by atoms with Gasteiger partial charge in [-0.3, -0.25) is 4.79 Å². The van der Waals surface area contributed by atoms with E-state index in [1.807, 2.05) is 43.0 Å². The van der Waals surface area contributed by atoms with E-state index in [0.717, 1.165) is 24.9 Å². The number of carbonyl (C=O) groups excluding carboxylic acids is 1. The van der Waals surface area contributed by atoms with Crippen molar-refractivity contribution in [2.75, 3.05) is 25.5 Å². The van der Waals surface area contributed by atoms with Gasteiger partial charge >= 0.3 is 0 Å². The SMILES string of the molecule is CCN(C)c1ncc(C(=O)N(C)C2CCCCC2)c(-c2ccc(C#N)cc2)n1. The quantitative estimate of drug-likeness (QED) is 0.791. The van der Waals surface area contributed by atoms with Gasteiger partial charge in [-0.05, 0) is 31.9 Å². The van der Waals surface area contributed by atoms with Gasteiger partial charge in [-0.15, -0.1) is 0 Å². The highest BCUT2D eigenvalue weighted by molar-refractivity contribution is 5.99. The molecule has 0 spiro atoms. The molecule has 1 aliphatic carbocycles. The molecule has 0 aliphatic heterocycles. The van der Waals surface area contributed by atoms with E-state index < -0.39 is 0 Å². The summed E-state index contributed by atoms with van der Waals surface area (Å²) in [5, 5.41) is 9.06. The zero-order valence-electron chi connectivity index (χ0n) is 16.9. The molecule has 1 aromatic carbocycles. The summed E-state index contributed by atoms with van der Waals surface area (Å²) in [6.07, 6.45) is 7.32. The molecule has 0 radical (unpaired) electrons. The van der Waals surface area contributed by atoms with Gasteiger partial charge in [-0.2, -0.15) is 5.26 Å². The number of rotatable bonds is 5. The molecule has 0 atom stereocenters. The van der Waals surface area contributed by atoms with Gasteiger partial charge in [-0.1, -0.05) is 31.4 Å². The second kappa shape index (κ2) is 8.83. The number of nitriles is 1. The smallest absolute Gasteiger partial charge is 0.257 e. The molecule has 2 aromatic rings. The minimum Gasteiger partial charge on any atom is -0.344 e. The Bertz CT molecular complexity index is 865. The van der Waals surface area contributed by atoms with Crippen molar-refractivity contribution < 1.29 is 4.79 Å². The van der Waals surface area contributed by atoms with Crippen LogP contribution in [-0.2, 0) is 0 Å². The molecule has 1 saturated carbocycles. The largest absolute Gasteiger partial charge is 0.344 e. The van der Waals surface area contributed by atoms with Crippen molar-refractivity contribution in [3.8, 4) is 17.3 Å². The molecule has 146 valence electrons. The summed E-state index contributed by atoms with van der Waals surface area (Å²) in [5.41, 5.74) is 2.51. The molecule has 1 heterocycles. The van der Waals surface area contributed by atoms with Crippen LogP contribution in [0.1, 0.15) is 54.9 Å². The van der Waals surface area contributed by atoms with Gasteiger partial charge in [0.1, 0.15) is 0 Å². The summed E-state index contributed by atoms with van der Waals surface area (Å²) in [6, 6.07) is 9.58.